The highest BCUT2D eigenvalue weighted by atomic mass is 16.5. The van der Waals surface area contributed by atoms with Crippen molar-refractivity contribution in [2.45, 2.75) is 43.7 Å². The number of hydrogen-bond acceptors (Lipinski definition) is 8. The monoisotopic (exact) mass is 475 g/mol. The van der Waals surface area contributed by atoms with Crippen molar-refractivity contribution in [1.29, 1.82) is 0 Å². The maximum Gasteiger partial charge on any atom is 0.152 e. The second kappa shape index (κ2) is 9.54. The molecule has 1 aliphatic carbocycles. The maximum absolute atomic E-state index is 5.64. The van der Waals surface area contributed by atoms with E-state index < -0.39 is 5.54 Å². The van der Waals surface area contributed by atoms with Crippen molar-refractivity contribution >= 4 is 5.69 Å². The molecule has 2 saturated heterocycles. The predicted octanol–water partition coefficient (Wildman–Crippen LogP) is 2.88. The molecule has 184 valence electrons. The fraction of sp³-hybridized carbons (Fsp3) is 0.538. The Balaban J connectivity index is 1.16. The average Bonchev–Trinajstić information content (AvgIpc) is 3.33. The summed E-state index contributed by atoms with van der Waals surface area (Å²) in [5.74, 6) is 1.58. The minimum atomic E-state index is -0.440. The minimum Gasteiger partial charge on any atom is -0.495 e. The molecule has 0 radical (unpaired) electrons. The van der Waals surface area contributed by atoms with E-state index >= 15 is 0 Å². The van der Waals surface area contributed by atoms with E-state index in [0.29, 0.717) is 25.0 Å². The summed E-state index contributed by atoms with van der Waals surface area (Å²) >= 11 is 0. The number of hydrogen-bond donors (Lipinski definition) is 1. The molecule has 35 heavy (non-hydrogen) atoms. The second-order valence-corrected chi connectivity index (χ2v) is 10.1. The summed E-state index contributed by atoms with van der Waals surface area (Å²) in [5.41, 5.74) is 3.29. The molecule has 6 rings (SSSR count). The first-order valence-corrected chi connectivity index (χ1v) is 12.7. The molecule has 0 spiro atoms. The number of ether oxygens (including phenoxy) is 2. The van der Waals surface area contributed by atoms with Gasteiger partial charge in [-0.1, -0.05) is 11.6 Å². The van der Waals surface area contributed by atoms with Crippen LogP contribution in [-0.2, 0) is 10.3 Å². The third-order valence-electron chi connectivity index (χ3n) is 7.79. The number of pyridine rings is 2. The van der Waals surface area contributed by atoms with Gasteiger partial charge in [0.1, 0.15) is 11.4 Å². The molecule has 0 bridgehead atoms. The van der Waals surface area contributed by atoms with Crippen LogP contribution < -0.4 is 15.0 Å². The zero-order valence-electron chi connectivity index (χ0n) is 20.3. The van der Waals surface area contributed by atoms with Gasteiger partial charge < -0.3 is 19.7 Å². The van der Waals surface area contributed by atoms with Crippen LogP contribution >= 0.6 is 0 Å². The summed E-state index contributed by atoms with van der Waals surface area (Å²) in [5, 5.41) is 12.7. The fourth-order valence-electron chi connectivity index (χ4n) is 5.23. The third-order valence-corrected chi connectivity index (χ3v) is 7.79. The highest BCUT2D eigenvalue weighted by molar-refractivity contribution is 5.58. The first kappa shape index (κ1) is 22.4. The van der Waals surface area contributed by atoms with Crippen LogP contribution in [0.4, 0.5) is 5.69 Å². The van der Waals surface area contributed by atoms with Gasteiger partial charge in [-0.25, -0.2) is 4.68 Å². The fourth-order valence-corrected chi connectivity index (χ4v) is 5.23. The van der Waals surface area contributed by atoms with Crippen LogP contribution in [0.3, 0.4) is 0 Å². The summed E-state index contributed by atoms with van der Waals surface area (Å²) in [7, 11) is 1.63. The molecule has 3 aliphatic rings. The molecular weight excluding hydrogens is 442 g/mol. The predicted molar refractivity (Wildman–Crippen MR) is 133 cm³/mol. The summed E-state index contributed by atoms with van der Waals surface area (Å²) in [6, 6.07) is 6.79. The highest BCUT2D eigenvalue weighted by Crippen LogP contribution is 2.34. The van der Waals surface area contributed by atoms with Crippen molar-refractivity contribution in [2.24, 2.45) is 5.92 Å². The lowest BCUT2D eigenvalue weighted by Gasteiger charge is -2.41. The molecule has 0 unspecified atom stereocenters. The van der Waals surface area contributed by atoms with Gasteiger partial charge in [0, 0.05) is 30.9 Å². The van der Waals surface area contributed by atoms with Crippen molar-refractivity contribution < 1.29 is 9.47 Å². The van der Waals surface area contributed by atoms with E-state index in [0.717, 1.165) is 36.0 Å². The van der Waals surface area contributed by atoms with Crippen molar-refractivity contribution in [3.05, 3.63) is 48.7 Å². The average molecular weight is 476 g/mol. The van der Waals surface area contributed by atoms with E-state index in [1.54, 1.807) is 19.5 Å². The SMILES string of the molecule is COc1cncc(-c2cn(C3(c4ccc(N5CCC[C@@H](NCC6CCC6)C5)cn4)COC3)nn2)c1. The van der Waals surface area contributed by atoms with Gasteiger partial charge in [0.15, 0.2) is 5.54 Å². The summed E-state index contributed by atoms with van der Waals surface area (Å²) < 4.78 is 12.8. The molecule has 3 aromatic heterocycles. The number of nitrogens with zero attached hydrogens (tertiary/aromatic N) is 6. The third kappa shape index (κ3) is 4.38. The first-order chi connectivity index (χ1) is 17.2. The first-order valence-electron chi connectivity index (χ1n) is 12.7. The number of piperidine rings is 1. The Bertz CT molecular complexity index is 1140. The van der Waals surface area contributed by atoms with Crippen LogP contribution in [-0.4, -0.2) is 71.0 Å². The Morgan fingerprint density at radius 2 is 2.06 bits per heavy atom. The number of rotatable bonds is 8. The molecule has 1 atom stereocenters. The number of aromatic nitrogens is 5. The van der Waals surface area contributed by atoms with Crippen LogP contribution in [0.1, 0.15) is 37.8 Å². The van der Waals surface area contributed by atoms with Crippen LogP contribution in [0, 0.1) is 5.92 Å². The zero-order chi connectivity index (χ0) is 23.7. The van der Waals surface area contributed by atoms with Crippen LogP contribution in [0.2, 0.25) is 0 Å². The summed E-state index contributed by atoms with van der Waals surface area (Å²) in [6.45, 7) is 4.34. The number of methoxy groups -OCH3 is 1. The van der Waals surface area contributed by atoms with Gasteiger partial charge in [-0.15, -0.1) is 5.10 Å². The Morgan fingerprint density at radius 1 is 1.14 bits per heavy atom. The lowest BCUT2D eigenvalue weighted by Crippen LogP contribution is -2.53. The van der Waals surface area contributed by atoms with Crippen LogP contribution in [0.15, 0.2) is 43.0 Å². The van der Waals surface area contributed by atoms with Crippen molar-refractivity contribution in [3.8, 4) is 17.0 Å². The van der Waals surface area contributed by atoms with Gasteiger partial charge in [0.25, 0.3) is 0 Å². The van der Waals surface area contributed by atoms with Gasteiger partial charge in [0.05, 0.1) is 50.3 Å². The standard InChI is InChI=1S/C26H33N7O2/c1-34-23-10-20(12-27-14-23)24-16-33(31-30-24)26(17-35-18-26)25-8-7-22(13-29-25)32-9-3-6-21(15-32)28-11-19-4-2-5-19/h7-8,10,12-14,16,19,21,28H,2-6,9,11,15,17-18H2,1H3/t21-/m1/s1. The van der Waals surface area contributed by atoms with Gasteiger partial charge in [0.2, 0.25) is 0 Å². The van der Waals surface area contributed by atoms with E-state index in [1.165, 1.54) is 44.3 Å². The Labute approximate surface area is 205 Å². The Morgan fingerprint density at radius 3 is 2.77 bits per heavy atom. The van der Waals surface area contributed by atoms with Gasteiger partial charge in [-0.05, 0) is 56.3 Å². The largest absolute Gasteiger partial charge is 0.495 e. The van der Waals surface area contributed by atoms with Crippen molar-refractivity contribution in [3.63, 3.8) is 0 Å². The van der Waals surface area contributed by atoms with Crippen LogP contribution in [0.25, 0.3) is 11.3 Å². The molecule has 1 saturated carbocycles. The Kier molecular flexibility index (Phi) is 6.12. The topological polar surface area (TPSA) is 90.2 Å². The van der Waals surface area contributed by atoms with Crippen LogP contribution in [0.5, 0.6) is 5.75 Å². The molecule has 0 amide bonds. The van der Waals surface area contributed by atoms with Gasteiger partial charge in [-0.2, -0.15) is 0 Å². The maximum atomic E-state index is 5.64. The van der Waals surface area contributed by atoms with E-state index in [9.17, 15) is 0 Å². The number of nitrogens with one attached hydrogen (secondary N) is 1. The van der Waals surface area contributed by atoms with Gasteiger partial charge in [-0.3, -0.25) is 9.97 Å². The summed E-state index contributed by atoms with van der Waals surface area (Å²) in [4.78, 5) is 11.6. The minimum absolute atomic E-state index is 0.440. The molecule has 0 aromatic carbocycles. The van der Waals surface area contributed by atoms with Crippen molar-refractivity contribution in [2.75, 3.05) is 44.9 Å². The molecule has 9 heteroatoms. The van der Waals surface area contributed by atoms with E-state index in [-0.39, 0.29) is 0 Å². The van der Waals surface area contributed by atoms with Gasteiger partial charge >= 0.3 is 0 Å². The smallest absolute Gasteiger partial charge is 0.152 e. The van der Waals surface area contributed by atoms with E-state index in [1.807, 2.05) is 23.1 Å². The lowest BCUT2D eigenvalue weighted by molar-refractivity contribution is -0.0851. The second-order valence-electron chi connectivity index (χ2n) is 10.1. The molecular formula is C26H33N7O2. The quantitative estimate of drug-likeness (QED) is 0.532. The normalized spacial score (nSPS) is 21.9. The molecule has 1 N–H and O–H groups in total. The highest BCUT2D eigenvalue weighted by Gasteiger charge is 2.45. The summed E-state index contributed by atoms with van der Waals surface area (Å²) in [6.07, 6.45) is 14.0. The molecule has 9 nitrogen and oxygen atoms in total. The van der Waals surface area contributed by atoms with E-state index in [2.05, 4.69) is 37.6 Å². The molecule has 5 heterocycles. The number of anilines is 1. The molecule has 3 fully saturated rings. The Hall–Kier alpha value is -3.04. The molecule has 2 aliphatic heterocycles. The molecule has 3 aromatic rings. The van der Waals surface area contributed by atoms with E-state index in [4.69, 9.17) is 14.5 Å². The lowest BCUT2D eigenvalue weighted by atomic mass is 9.85. The van der Waals surface area contributed by atoms with Crippen molar-refractivity contribution in [1.82, 2.24) is 30.3 Å². The zero-order valence-corrected chi connectivity index (χ0v) is 20.3.